The molecule has 0 bridgehead atoms. The van der Waals surface area contributed by atoms with Crippen molar-refractivity contribution in [3.05, 3.63) is 57.3 Å². The molecule has 0 saturated heterocycles. The van der Waals surface area contributed by atoms with Crippen LogP contribution in [0.2, 0.25) is 0 Å². The number of thioether (sulfide) groups is 1. The Bertz CT molecular complexity index is 792. The molecule has 3 aromatic rings. The van der Waals surface area contributed by atoms with Crippen LogP contribution in [0.3, 0.4) is 0 Å². The van der Waals surface area contributed by atoms with Crippen LogP contribution in [0.1, 0.15) is 25.7 Å². The van der Waals surface area contributed by atoms with Gasteiger partial charge in [-0.3, -0.25) is 10.1 Å². The molecule has 4 nitrogen and oxygen atoms in total. The van der Waals surface area contributed by atoms with Gasteiger partial charge in [0.1, 0.15) is 0 Å². The van der Waals surface area contributed by atoms with Crippen LogP contribution in [-0.4, -0.2) is 16.1 Å². The highest BCUT2D eigenvalue weighted by molar-refractivity contribution is 8.00. The highest BCUT2D eigenvalue weighted by Crippen LogP contribution is 2.29. The third-order valence-electron chi connectivity index (χ3n) is 3.22. The third-order valence-corrected chi connectivity index (χ3v) is 6.42. The van der Waals surface area contributed by atoms with E-state index in [2.05, 4.69) is 27.6 Å². The maximum Gasteiger partial charge on any atom is 0.267 e. The smallest absolute Gasteiger partial charge is 0.267 e. The van der Waals surface area contributed by atoms with E-state index in [4.69, 9.17) is 0 Å². The molecule has 0 atom stereocenters. The number of rotatable bonds is 5. The quantitative estimate of drug-likeness (QED) is 0.526. The molecule has 2 aromatic heterocycles. The van der Waals surface area contributed by atoms with Gasteiger partial charge in [0.2, 0.25) is 5.13 Å². The Labute approximate surface area is 147 Å². The summed E-state index contributed by atoms with van der Waals surface area (Å²) in [6.45, 7) is 4.02. The summed E-state index contributed by atoms with van der Waals surface area (Å²) in [6, 6.07) is 12.1. The van der Waals surface area contributed by atoms with Crippen molar-refractivity contribution in [1.29, 1.82) is 0 Å². The molecule has 23 heavy (non-hydrogen) atoms. The molecule has 3 rings (SSSR count). The first-order valence-electron chi connectivity index (χ1n) is 7.00. The lowest BCUT2D eigenvalue weighted by Gasteiger charge is -1.97. The summed E-state index contributed by atoms with van der Waals surface area (Å²) in [6.07, 6.45) is 0. The van der Waals surface area contributed by atoms with E-state index in [-0.39, 0.29) is 5.91 Å². The van der Waals surface area contributed by atoms with Crippen molar-refractivity contribution in [2.45, 2.75) is 23.9 Å². The van der Waals surface area contributed by atoms with Gasteiger partial charge in [0.25, 0.3) is 5.91 Å². The first-order chi connectivity index (χ1) is 11.1. The number of aromatic nitrogens is 2. The van der Waals surface area contributed by atoms with Gasteiger partial charge in [0.05, 0.1) is 4.88 Å². The molecule has 1 N–H and O–H groups in total. The summed E-state index contributed by atoms with van der Waals surface area (Å²) < 4.78 is 0.850. The minimum atomic E-state index is -0.123. The summed E-state index contributed by atoms with van der Waals surface area (Å²) in [7, 11) is 0. The van der Waals surface area contributed by atoms with Crippen molar-refractivity contribution < 1.29 is 4.79 Å². The van der Waals surface area contributed by atoms with Gasteiger partial charge < -0.3 is 0 Å². The number of aryl methyl sites for hydroxylation is 2. The van der Waals surface area contributed by atoms with Crippen LogP contribution in [0.5, 0.6) is 0 Å². The Kier molecular flexibility index (Phi) is 5.09. The number of carbonyl (C=O) groups is 1. The van der Waals surface area contributed by atoms with E-state index in [1.54, 1.807) is 11.8 Å². The van der Waals surface area contributed by atoms with E-state index in [9.17, 15) is 4.79 Å². The zero-order valence-electron chi connectivity index (χ0n) is 12.7. The van der Waals surface area contributed by atoms with Crippen LogP contribution < -0.4 is 5.32 Å². The Morgan fingerprint density at radius 1 is 1.17 bits per heavy atom. The minimum absolute atomic E-state index is 0.123. The Morgan fingerprint density at radius 3 is 2.65 bits per heavy atom. The summed E-state index contributed by atoms with van der Waals surface area (Å²) >= 11 is 4.51. The number of hydrogen-bond donors (Lipinski definition) is 1. The third kappa shape index (κ3) is 4.19. The minimum Gasteiger partial charge on any atom is -0.296 e. The number of amides is 1. The lowest BCUT2D eigenvalue weighted by molar-refractivity contribution is 0.103. The zero-order chi connectivity index (χ0) is 16.2. The second kappa shape index (κ2) is 7.25. The van der Waals surface area contributed by atoms with E-state index < -0.39 is 0 Å². The maximum absolute atomic E-state index is 12.2. The fourth-order valence-electron chi connectivity index (χ4n) is 1.88. The number of anilines is 1. The van der Waals surface area contributed by atoms with E-state index >= 15 is 0 Å². The van der Waals surface area contributed by atoms with E-state index in [1.807, 2.05) is 38.1 Å². The fourth-order valence-corrected chi connectivity index (χ4v) is 4.51. The van der Waals surface area contributed by atoms with Crippen molar-refractivity contribution in [3.63, 3.8) is 0 Å². The zero-order valence-corrected chi connectivity index (χ0v) is 15.1. The van der Waals surface area contributed by atoms with Gasteiger partial charge >= 0.3 is 0 Å². The fraction of sp³-hybridized carbons (Fsp3) is 0.188. The second-order valence-electron chi connectivity index (χ2n) is 4.95. The van der Waals surface area contributed by atoms with Crippen LogP contribution in [-0.2, 0) is 5.75 Å². The number of carbonyl (C=O) groups excluding carboxylic acids is 1. The molecule has 0 saturated carbocycles. The monoisotopic (exact) mass is 361 g/mol. The molecule has 118 valence electrons. The van der Waals surface area contributed by atoms with Crippen molar-refractivity contribution in [2.75, 3.05) is 5.32 Å². The van der Waals surface area contributed by atoms with Gasteiger partial charge in [-0.15, -0.1) is 21.5 Å². The molecule has 7 heteroatoms. The predicted molar refractivity (Wildman–Crippen MR) is 97.7 cm³/mol. The molecule has 0 aliphatic heterocycles. The molecule has 1 aromatic carbocycles. The number of thiophene rings is 1. The molecular weight excluding hydrogens is 346 g/mol. The number of nitrogens with one attached hydrogen (secondary N) is 1. The molecule has 0 unspecified atom stereocenters. The van der Waals surface area contributed by atoms with Gasteiger partial charge in [-0.05, 0) is 31.0 Å². The molecule has 0 aliphatic rings. The largest absolute Gasteiger partial charge is 0.296 e. The average molecular weight is 362 g/mol. The molecule has 0 aliphatic carbocycles. The molecule has 1 amide bonds. The molecule has 2 heterocycles. The van der Waals surface area contributed by atoms with Crippen LogP contribution in [0, 0.1) is 13.8 Å². The van der Waals surface area contributed by atoms with E-state index in [0.29, 0.717) is 10.0 Å². The average Bonchev–Trinajstić information content (AvgIpc) is 3.13. The van der Waals surface area contributed by atoms with Crippen LogP contribution >= 0.6 is 34.4 Å². The lowest BCUT2D eigenvalue weighted by Crippen LogP contribution is -2.09. The predicted octanol–water partition coefficient (Wildman–Crippen LogP) is 4.76. The highest BCUT2D eigenvalue weighted by atomic mass is 32.2. The first-order valence-corrected chi connectivity index (χ1v) is 9.62. The lowest BCUT2D eigenvalue weighted by atomic mass is 10.2. The molecule has 0 spiro atoms. The van der Waals surface area contributed by atoms with Gasteiger partial charge in [-0.2, -0.15) is 0 Å². The highest BCUT2D eigenvalue weighted by Gasteiger charge is 2.13. The number of nitrogens with zero attached hydrogens (tertiary/aromatic N) is 2. The van der Waals surface area contributed by atoms with Gasteiger partial charge in [0, 0.05) is 10.6 Å². The summed E-state index contributed by atoms with van der Waals surface area (Å²) in [5.41, 5.74) is 2.37. The van der Waals surface area contributed by atoms with Gasteiger partial charge in [-0.1, -0.05) is 53.4 Å². The first kappa shape index (κ1) is 16.2. The Morgan fingerprint density at radius 2 is 1.96 bits per heavy atom. The standard InChI is InChI=1S/C16H15N3OS3/c1-10-8-13(22-11(10)2)14(20)17-15-18-19-16(23-15)21-9-12-6-4-3-5-7-12/h3-8H,9H2,1-2H3,(H,17,18,20). The SMILES string of the molecule is Cc1cc(C(=O)Nc2nnc(SCc3ccccc3)s2)sc1C. The van der Waals surface area contributed by atoms with Gasteiger partial charge in [0.15, 0.2) is 4.34 Å². The van der Waals surface area contributed by atoms with Crippen molar-refractivity contribution in [2.24, 2.45) is 0 Å². The number of benzene rings is 1. The summed E-state index contributed by atoms with van der Waals surface area (Å²) in [4.78, 5) is 14.1. The van der Waals surface area contributed by atoms with Crippen molar-refractivity contribution in [1.82, 2.24) is 10.2 Å². The van der Waals surface area contributed by atoms with Crippen LogP contribution in [0.15, 0.2) is 40.7 Å². The normalized spacial score (nSPS) is 10.7. The number of hydrogen-bond acceptors (Lipinski definition) is 6. The van der Waals surface area contributed by atoms with Crippen molar-refractivity contribution in [3.8, 4) is 0 Å². The van der Waals surface area contributed by atoms with E-state index in [1.165, 1.54) is 28.2 Å². The summed E-state index contributed by atoms with van der Waals surface area (Å²) in [5.74, 6) is 0.717. The second-order valence-corrected chi connectivity index (χ2v) is 8.41. The maximum atomic E-state index is 12.2. The van der Waals surface area contributed by atoms with Crippen molar-refractivity contribution >= 4 is 45.5 Å². The molecule has 0 fully saturated rings. The van der Waals surface area contributed by atoms with Crippen LogP contribution in [0.4, 0.5) is 5.13 Å². The molecule has 0 radical (unpaired) electrons. The Hall–Kier alpha value is -1.70. The van der Waals surface area contributed by atoms with Crippen LogP contribution in [0.25, 0.3) is 0 Å². The Balaban J connectivity index is 1.59. The topological polar surface area (TPSA) is 54.9 Å². The van der Waals surface area contributed by atoms with Gasteiger partial charge in [-0.25, -0.2) is 0 Å². The molecular formula is C16H15N3OS3. The summed E-state index contributed by atoms with van der Waals surface area (Å²) in [5, 5.41) is 11.5. The van der Waals surface area contributed by atoms with E-state index in [0.717, 1.165) is 20.5 Å².